The lowest BCUT2D eigenvalue weighted by molar-refractivity contribution is -0.140. The second kappa shape index (κ2) is 12.0. The predicted octanol–water partition coefficient (Wildman–Crippen LogP) is 5.28. The van der Waals surface area contributed by atoms with Gasteiger partial charge in [-0.25, -0.2) is 0 Å². The second-order valence-electron chi connectivity index (χ2n) is 8.30. The number of carbonyl (C=O) groups excluding carboxylic acids is 2. The number of ether oxygens (including phenoxy) is 1. The molecule has 1 atom stereocenters. The Labute approximate surface area is 206 Å². The molecule has 1 heterocycles. The molecule has 0 bridgehead atoms. The van der Waals surface area contributed by atoms with E-state index in [-0.39, 0.29) is 11.3 Å². The standard InChI is InChI=1S/C27H33ClN2O4/c1-4-17-34-22-10-7-9-20(18-22)25(31)23-24(19-11-13-21(28)14-12-19)30(27(33)26(23)32)16-8-15-29(5-2)6-3/h7,9-14,18,24,31H,4-6,8,15-17H2,1-3H3. The van der Waals surface area contributed by atoms with E-state index in [1.807, 2.05) is 6.92 Å². The zero-order valence-corrected chi connectivity index (χ0v) is 20.8. The highest BCUT2D eigenvalue weighted by Gasteiger charge is 2.45. The van der Waals surface area contributed by atoms with Crippen LogP contribution >= 0.6 is 11.6 Å². The van der Waals surface area contributed by atoms with Crippen molar-refractivity contribution >= 4 is 29.1 Å². The van der Waals surface area contributed by atoms with Crippen molar-refractivity contribution in [1.29, 1.82) is 0 Å². The maximum Gasteiger partial charge on any atom is 0.295 e. The first-order valence-electron chi connectivity index (χ1n) is 11.9. The summed E-state index contributed by atoms with van der Waals surface area (Å²) >= 11 is 6.09. The van der Waals surface area contributed by atoms with Crippen LogP contribution < -0.4 is 4.74 Å². The number of ketones is 1. The van der Waals surface area contributed by atoms with Crippen LogP contribution in [0.3, 0.4) is 0 Å². The molecule has 0 spiro atoms. The number of nitrogens with zero attached hydrogens (tertiary/aromatic N) is 2. The summed E-state index contributed by atoms with van der Waals surface area (Å²) < 4.78 is 5.68. The molecule has 0 aromatic heterocycles. The molecule has 6 nitrogen and oxygen atoms in total. The van der Waals surface area contributed by atoms with Gasteiger partial charge in [-0.05, 0) is 62.3 Å². The molecule has 0 radical (unpaired) electrons. The minimum absolute atomic E-state index is 0.0859. The van der Waals surface area contributed by atoms with Gasteiger partial charge in [0.25, 0.3) is 11.7 Å². The summed E-state index contributed by atoms with van der Waals surface area (Å²) in [6.45, 7) is 9.83. The van der Waals surface area contributed by atoms with Crippen molar-refractivity contribution in [2.75, 3.05) is 32.8 Å². The molecule has 34 heavy (non-hydrogen) atoms. The number of hydrogen-bond acceptors (Lipinski definition) is 5. The molecule has 0 saturated carbocycles. The molecular weight excluding hydrogens is 452 g/mol. The SMILES string of the molecule is CCCOc1cccc(C(O)=C2C(=O)C(=O)N(CCCN(CC)CC)C2c2ccc(Cl)cc2)c1. The van der Waals surface area contributed by atoms with Gasteiger partial charge >= 0.3 is 0 Å². The van der Waals surface area contributed by atoms with E-state index in [0.717, 1.165) is 38.0 Å². The van der Waals surface area contributed by atoms with Crippen LogP contribution in [0.1, 0.15) is 50.8 Å². The van der Waals surface area contributed by atoms with Crippen LogP contribution in [0, 0.1) is 0 Å². The molecular formula is C27H33ClN2O4. The number of Topliss-reactive ketones (excluding diaryl/α,β-unsaturated/α-hetero) is 1. The van der Waals surface area contributed by atoms with E-state index in [2.05, 4.69) is 18.7 Å². The first-order chi connectivity index (χ1) is 16.4. The molecule has 3 rings (SSSR count). The van der Waals surface area contributed by atoms with Gasteiger partial charge in [0.1, 0.15) is 11.5 Å². The first-order valence-corrected chi connectivity index (χ1v) is 12.3. The summed E-state index contributed by atoms with van der Waals surface area (Å²) in [5.74, 6) is -0.881. The third-order valence-electron chi connectivity index (χ3n) is 6.07. The summed E-state index contributed by atoms with van der Waals surface area (Å²) in [6.07, 6.45) is 1.57. The quantitative estimate of drug-likeness (QED) is 0.267. The molecule has 182 valence electrons. The molecule has 1 saturated heterocycles. The number of halogens is 1. The molecule has 1 amide bonds. The normalized spacial score (nSPS) is 17.6. The van der Waals surface area contributed by atoms with Crippen molar-refractivity contribution in [2.45, 2.75) is 39.7 Å². The molecule has 2 aromatic carbocycles. The number of rotatable bonds is 11. The van der Waals surface area contributed by atoms with E-state index < -0.39 is 17.7 Å². The van der Waals surface area contributed by atoms with E-state index in [0.29, 0.717) is 29.5 Å². The van der Waals surface area contributed by atoms with E-state index in [1.54, 1.807) is 53.4 Å². The fraction of sp³-hybridized carbons (Fsp3) is 0.407. The molecule has 2 aromatic rings. The highest BCUT2D eigenvalue weighted by atomic mass is 35.5. The lowest BCUT2D eigenvalue weighted by atomic mass is 9.95. The van der Waals surface area contributed by atoms with Gasteiger partial charge in [0.05, 0.1) is 18.2 Å². The number of aliphatic hydroxyl groups is 1. The average Bonchev–Trinajstić information content (AvgIpc) is 3.10. The van der Waals surface area contributed by atoms with E-state index in [9.17, 15) is 14.7 Å². The molecule has 1 N–H and O–H groups in total. The molecule has 1 aliphatic rings. The van der Waals surface area contributed by atoms with E-state index in [4.69, 9.17) is 16.3 Å². The van der Waals surface area contributed by atoms with E-state index in [1.165, 1.54) is 0 Å². The third-order valence-corrected chi connectivity index (χ3v) is 6.33. The van der Waals surface area contributed by atoms with Crippen LogP contribution in [0.25, 0.3) is 5.76 Å². The first kappa shape index (κ1) is 25.8. The van der Waals surface area contributed by atoms with Crippen molar-refractivity contribution in [3.05, 3.63) is 70.3 Å². The van der Waals surface area contributed by atoms with Crippen molar-refractivity contribution in [3.63, 3.8) is 0 Å². The minimum Gasteiger partial charge on any atom is -0.507 e. The number of carbonyl (C=O) groups is 2. The maximum atomic E-state index is 13.2. The smallest absolute Gasteiger partial charge is 0.295 e. The van der Waals surface area contributed by atoms with Crippen LogP contribution in [0.2, 0.25) is 5.02 Å². The average molecular weight is 485 g/mol. The van der Waals surface area contributed by atoms with Crippen LogP contribution in [-0.4, -0.2) is 59.4 Å². The van der Waals surface area contributed by atoms with Crippen molar-refractivity contribution in [2.24, 2.45) is 0 Å². The lowest BCUT2D eigenvalue weighted by Crippen LogP contribution is -2.33. The number of amides is 1. The van der Waals surface area contributed by atoms with Crippen LogP contribution in [0.4, 0.5) is 0 Å². The molecule has 1 fully saturated rings. The zero-order valence-electron chi connectivity index (χ0n) is 20.1. The molecule has 1 unspecified atom stereocenters. The summed E-state index contributed by atoms with van der Waals surface area (Å²) in [7, 11) is 0. The Bertz CT molecular complexity index is 1030. The summed E-state index contributed by atoms with van der Waals surface area (Å²) in [5, 5.41) is 11.8. The van der Waals surface area contributed by atoms with Gasteiger partial charge in [0.15, 0.2) is 0 Å². The highest BCUT2D eigenvalue weighted by molar-refractivity contribution is 6.46. The Balaban J connectivity index is 2.01. The monoisotopic (exact) mass is 484 g/mol. The maximum absolute atomic E-state index is 13.2. The topological polar surface area (TPSA) is 70.1 Å². The van der Waals surface area contributed by atoms with Gasteiger partial charge in [-0.3, -0.25) is 9.59 Å². The third kappa shape index (κ3) is 5.80. The van der Waals surface area contributed by atoms with Gasteiger partial charge in [-0.1, -0.05) is 56.6 Å². The summed E-state index contributed by atoms with van der Waals surface area (Å²) in [6, 6.07) is 13.3. The Morgan fingerprint density at radius 3 is 2.44 bits per heavy atom. The van der Waals surface area contributed by atoms with Crippen LogP contribution in [-0.2, 0) is 9.59 Å². The number of likely N-dealkylation sites (tertiary alicyclic amines) is 1. The minimum atomic E-state index is -0.686. The van der Waals surface area contributed by atoms with Crippen molar-refractivity contribution < 1.29 is 19.4 Å². The zero-order chi connectivity index (χ0) is 24.7. The second-order valence-corrected chi connectivity index (χ2v) is 8.74. The van der Waals surface area contributed by atoms with E-state index >= 15 is 0 Å². The lowest BCUT2D eigenvalue weighted by Gasteiger charge is -2.27. The van der Waals surface area contributed by atoms with Gasteiger partial charge in [-0.2, -0.15) is 0 Å². The van der Waals surface area contributed by atoms with Crippen LogP contribution in [0.15, 0.2) is 54.1 Å². The molecule has 1 aliphatic heterocycles. The van der Waals surface area contributed by atoms with Gasteiger partial charge in [0, 0.05) is 17.1 Å². The Morgan fingerprint density at radius 1 is 1.09 bits per heavy atom. The van der Waals surface area contributed by atoms with Crippen LogP contribution in [0.5, 0.6) is 5.75 Å². The number of hydrogen-bond donors (Lipinski definition) is 1. The van der Waals surface area contributed by atoms with Crippen molar-refractivity contribution in [1.82, 2.24) is 9.80 Å². The molecule has 7 heteroatoms. The van der Waals surface area contributed by atoms with Gasteiger partial charge < -0.3 is 19.6 Å². The largest absolute Gasteiger partial charge is 0.507 e. The van der Waals surface area contributed by atoms with Gasteiger partial charge in [-0.15, -0.1) is 0 Å². The summed E-state index contributed by atoms with van der Waals surface area (Å²) in [5.41, 5.74) is 1.25. The Hall–Kier alpha value is -2.83. The fourth-order valence-corrected chi connectivity index (χ4v) is 4.34. The fourth-order valence-electron chi connectivity index (χ4n) is 4.22. The highest BCUT2D eigenvalue weighted by Crippen LogP contribution is 2.40. The number of aliphatic hydroxyl groups excluding tert-OH is 1. The van der Waals surface area contributed by atoms with Crippen molar-refractivity contribution in [3.8, 4) is 5.75 Å². The Morgan fingerprint density at radius 2 is 1.79 bits per heavy atom. The Kier molecular flexibility index (Phi) is 9.13. The summed E-state index contributed by atoms with van der Waals surface area (Å²) in [4.78, 5) is 30.1. The molecule has 0 aliphatic carbocycles. The predicted molar refractivity (Wildman–Crippen MR) is 135 cm³/mol. The number of benzene rings is 2. The van der Waals surface area contributed by atoms with Gasteiger partial charge in [0.2, 0.25) is 0 Å².